The third-order valence-electron chi connectivity index (χ3n) is 9.12. The van der Waals surface area contributed by atoms with Gasteiger partial charge in [-0.3, -0.25) is 4.79 Å². The van der Waals surface area contributed by atoms with Crippen LogP contribution in [0.2, 0.25) is 0 Å². The van der Waals surface area contributed by atoms with Crippen molar-refractivity contribution in [3.8, 4) is 11.8 Å². The first-order valence-corrected chi connectivity index (χ1v) is 14.4. The second-order valence-corrected chi connectivity index (χ2v) is 11.5. The van der Waals surface area contributed by atoms with Crippen LogP contribution in [0, 0.1) is 35.0 Å². The Morgan fingerprint density at radius 3 is 2.46 bits per heavy atom. The number of ether oxygens (including phenoxy) is 4. The molecule has 5 aliphatic rings. The maximum Gasteiger partial charge on any atom is 0.158 e. The summed E-state index contributed by atoms with van der Waals surface area (Å²) in [6.45, 7) is 3.69. The highest BCUT2D eigenvalue weighted by molar-refractivity contribution is 5.81. The smallest absolute Gasteiger partial charge is 0.158 e. The third kappa shape index (κ3) is 6.04. The lowest BCUT2D eigenvalue weighted by molar-refractivity contribution is -0.209. The van der Waals surface area contributed by atoms with E-state index >= 15 is 0 Å². The Morgan fingerprint density at radius 2 is 1.80 bits per heavy atom. The van der Waals surface area contributed by atoms with Gasteiger partial charge in [0.05, 0.1) is 12.2 Å². The van der Waals surface area contributed by atoms with Gasteiger partial charge in [-0.25, -0.2) is 0 Å². The molecule has 3 saturated carbocycles. The van der Waals surface area contributed by atoms with Crippen molar-refractivity contribution in [2.75, 3.05) is 13.2 Å². The van der Waals surface area contributed by atoms with Gasteiger partial charge in [0.25, 0.3) is 0 Å². The van der Waals surface area contributed by atoms with Crippen LogP contribution in [-0.2, 0) is 23.7 Å². The molecular weight excluding hydrogens is 440 g/mol. The van der Waals surface area contributed by atoms with Gasteiger partial charge in [0.2, 0.25) is 0 Å². The summed E-state index contributed by atoms with van der Waals surface area (Å²) in [5.74, 6) is 8.21. The first kappa shape index (κ1) is 25.5. The number of fused-ring (bicyclic) bond motifs is 1. The van der Waals surface area contributed by atoms with Crippen LogP contribution in [0.25, 0.3) is 0 Å². The lowest BCUT2D eigenvalue weighted by atomic mass is 9.63. The fourth-order valence-electron chi connectivity index (χ4n) is 6.98. The van der Waals surface area contributed by atoms with E-state index in [1.807, 2.05) is 0 Å². The van der Waals surface area contributed by atoms with Crippen LogP contribution in [-0.4, -0.2) is 43.8 Å². The van der Waals surface area contributed by atoms with Crippen LogP contribution in [0.15, 0.2) is 12.2 Å². The molecule has 5 fully saturated rings. The van der Waals surface area contributed by atoms with E-state index in [0.717, 1.165) is 77.4 Å². The van der Waals surface area contributed by atoms with Crippen molar-refractivity contribution in [1.29, 1.82) is 0 Å². The predicted octanol–water partition coefficient (Wildman–Crippen LogP) is 5.96. The van der Waals surface area contributed by atoms with E-state index in [9.17, 15) is 4.79 Å². The first-order valence-electron chi connectivity index (χ1n) is 14.4. The summed E-state index contributed by atoms with van der Waals surface area (Å²) in [7, 11) is 0. The monoisotopic (exact) mass is 484 g/mol. The van der Waals surface area contributed by atoms with Gasteiger partial charge in [-0.1, -0.05) is 25.5 Å². The van der Waals surface area contributed by atoms with Crippen molar-refractivity contribution >= 4 is 5.78 Å². The summed E-state index contributed by atoms with van der Waals surface area (Å²) in [6, 6.07) is 0. The van der Waals surface area contributed by atoms with E-state index in [2.05, 4.69) is 30.9 Å². The molecule has 2 unspecified atom stereocenters. The molecule has 2 heterocycles. The van der Waals surface area contributed by atoms with Crippen molar-refractivity contribution < 1.29 is 23.7 Å². The summed E-state index contributed by atoms with van der Waals surface area (Å²) in [5, 5.41) is 0. The highest BCUT2D eigenvalue weighted by Crippen LogP contribution is 2.51. The van der Waals surface area contributed by atoms with E-state index in [0.29, 0.717) is 30.5 Å². The summed E-state index contributed by atoms with van der Waals surface area (Å²) < 4.78 is 25.2. The number of hydrogen-bond donors (Lipinski definition) is 0. The molecule has 0 N–H and O–H groups in total. The second-order valence-electron chi connectivity index (χ2n) is 11.5. The van der Waals surface area contributed by atoms with Crippen LogP contribution in [0.1, 0.15) is 96.8 Å². The topological polar surface area (TPSA) is 54.0 Å². The number of hydrogen-bond acceptors (Lipinski definition) is 5. The van der Waals surface area contributed by atoms with Crippen molar-refractivity contribution in [2.45, 2.75) is 122 Å². The molecule has 2 saturated heterocycles. The second kappa shape index (κ2) is 11.9. The minimum Gasteiger partial charge on any atom is -0.353 e. The lowest BCUT2D eigenvalue weighted by Crippen LogP contribution is -2.44. The molecule has 2 aliphatic heterocycles. The summed E-state index contributed by atoms with van der Waals surface area (Å²) >= 11 is 0. The fraction of sp³-hybridized carbons (Fsp3) is 0.833. The maximum atomic E-state index is 12.3. The van der Waals surface area contributed by atoms with Gasteiger partial charge < -0.3 is 18.9 Å². The number of carbonyl (C=O) groups is 1. The van der Waals surface area contributed by atoms with E-state index < -0.39 is 0 Å². The van der Waals surface area contributed by atoms with Crippen molar-refractivity contribution in [1.82, 2.24) is 0 Å². The Morgan fingerprint density at radius 1 is 1.03 bits per heavy atom. The van der Waals surface area contributed by atoms with Crippen molar-refractivity contribution in [2.24, 2.45) is 23.2 Å². The van der Waals surface area contributed by atoms with Gasteiger partial charge in [0, 0.05) is 50.2 Å². The van der Waals surface area contributed by atoms with Gasteiger partial charge in [0.15, 0.2) is 12.6 Å². The summed E-state index contributed by atoms with van der Waals surface area (Å²) in [6.07, 6.45) is 18.8. The fourth-order valence-corrected chi connectivity index (χ4v) is 6.98. The Bertz CT molecular complexity index is 793. The Balaban J connectivity index is 1.35. The van der Waals surface area contributed by atoms with Crippen molar-refractivity contribution in [3.63, 3.8) is 0 Å². The third-order valence-corrected chi connectivity index (χ3v) is 9.12. The van der Waals surface area contributed by atoms with Gasteiger partial charge >= 0.3 is 0 Å². The Kier molecular flexibility index (Phi) is 8.66. The molecular formula is C30H44O5. The van der Waals surface area contributed by atoms with E-state index in [1.54, 1.807) is 0 Å². The molecule has 5 heteroatoms. The zero-order valence-corrected chi connectivity index (χ0v) is 21.6. The largest absolute Gasteiger partial charge is 0.353 e. The quantitative estimate of drug-likeness (QED) is 0.314. The van der Waals surface area contributed by atoms with Gasteiger partial charge in [-0.15, -0.1) is 11.8 Å². The van der Waals surface area contributed by atoms with Crippen LogP contribution in [0.4, 0.5) is 0 Å². The number of ketones is 1. The molecule has 0 bridgehead atoms. The average Bonchev–Trinajstić information content (AvgIpc) is 3.35. The van der Waals surface area contributed by atoms with Gasteiger partial charge in [-0.05, 0) is 69.6 Å². The van der Waals surface area contributed by atoms with Crippen LogP contribution < -0.4 is 0 Å². The molecule has 0 aromatic rings. The SMILES string of the molecule is CCC#CCC1([C@@H](C=C[C@@H]2[C@H]3CC(=O)C[C@H]3C[C@H]2OC2CCCCO2)OC2CCCCO2)CCC1. The average molecular weight is 485 g/mol. The molecule has 0 amide bonds. The zero-order chi connectivity index (χ0) is 24.1. The van der Waals surface area contributed by atoms with Crippen molar-refractivity contribution in [3.05, 3.63) is 12.2 Å². The molecule has 0 spiro atoms. The van der Waals surface area contributed by atoms with E-state index in [-0.39, 0.29) is 36.1 Å². The van der Waals surface area contributed by atoms with E-state index in [4.69, 9.17) is 18.9 Å². The first-order chi connectivity index (χ1) is 17.2. The minimum absolute atomic E-state index is 0.00626. The standard InChI is InChI=1S/C30H44O5/c1-2-3-6-14-30(15-9-16-30)27(35-29-11-5-8-18-33-29)13-12-24-25-21-23(31)19-22(25)20-26(24)34-28-10-4-7-17-32-28/h12-13,22,24-29H,2,4-5,7-11,14-21H2,1H3/t22-,24+,25-,26+,27+,28?,29?/m0/s1. The predicted molar refractivity (Wildman–Crippen MR) is 134 cm³/mol. The number of rotatable bonds is 8. The number of Topliss-reactive ketones (excluding diaryl/α,β-unsaturated/α-hetero) is 1. The van der Waals surface area contributed by atoms with Crippen LogP contribution in [0.3, 0.4) is 0 Å². The van der Waals surface area contributed by atoms with Crippen LogP contribution >= 0.6 is 0 Å². The summed E-state index contributed by atoms with van der Waals surface area (Å²) in [5.41, 5.74) is 0.0752. The summed E-state index contributed by atoms with van der Waals surface area (Å²) in [4.78, 5) is 12.3. The molecule has 35 heavy (non-hydrogen) atoms. The molecule has 5 nitrogen and oxygen atoms in total. The van der Waals surface area contributed by atoms with Crippen LogP contribution in [0.5, 0.6) is 0 Å². The zero-order valence-electron chi connectivity index (χ0n) is 21.6. The molecule has 0 radical (unpaired) electrons. The molecule has 3 aliphatic carbocycles. The van der Waals surface area contributed by atoms with Gasteiger partial charge in [0.1, 0.15) is 5.78 Å². The molecule has 5 rings (SSSR count). The number of carbonyl (C=O) groups excluding carboxylic acids is 1. The normalized spacial score (nSPS) is 37.5. The Labute approximate surface area is 211 Å². The lowest BCUT2D eigenvalue weighted by Gasteiger charge is -2.47. The molecule has 0 aromatic heterocycles. The Hall–Kier alpha value is -1.19. The maximum absolute atomic E-state index is 12.3. The minimum atomic E-state index is -0.123. The highest BCUT2D eigenvalue weighted by atomic mass is 16.7. The molecule has 0 aromatic carbocycles. The van der Waals surface area contributed by atoms with E-state index in [1.165, 1.54) is 12.8 Å². The van der Waals surface area contributed by atoms with Gasteiger partial charge in [-0.2, -0.15) is 0 Å². The molecule has 194 valence electrons. The highest BCUT2D eigenvalue weighted by Gasteiger charge is 2.49. The molecule has 7 atom stereocenters.